The van der Waals surface area contributed by atoms with Crippen LogP contribution in [-0.4, -0.2) is 20.0 Å². The van der Waals surface area contributed by atoms with Gasteiger partial charge >= 0.3 is 0 Å². The smallest absolute Gasteiger partial charge is 0.168 e. The lowest BCUT2D eigenvalue weighted by Crippen LogP contribution is -1.95. The molecule has 1 heterocycles. The molecule has 0 radical (unpaired) electrons. The Balaban J connectivity index is 2.55. The van der Waals surface area contributed by atoms with Gasteiger partial charge in [-0.3, -0.25) is 0 Å². The molecule has 0 aliphatic heterocycles. The second-order valence-electron chi connectivity index (χ2n) is 2.75. The van der Waals surface area contributed by atoms with Crippen molar-refractivity contribution in [2.75, 3.05) is 0 Å². The zero-order valence-electron chi connectivity index (χ0n) is 7.05. The molecule has 0 aliphatic carbocycles. The van der Waals surface area contributed by atoms with Crippen LogP contribution in [0.4, 0.5) is 0 Å². The first-order valence-corrected chi connectivity index (χ1v) is 4.69. The van der Waals surface area contributed by atoms with Gasteiger partial charge in [0.2, 0.25) is 0 Å². The van der Waals surface area contributed by atoms with E-state index in [2.05, 4.69) is 21.0 Å². The van der Waals surface area contributed by atoms with Gasteiger partial charge in [-0.25, -0.2) is 4.68 Å². The van der Waals surface area contributed by atoms with Crippen LogP contribution in [-0.2, 0) is 0 Å². The molecule has 2 N–H and O–H groups in total. The maximum Gasteiger partial charge on any atom is 0.168 e. The molecule has 14 heavy (non-hydrogen) atoms. The summed E-state index contributed by atoms with van der Waals surface area (Å²) >= 11 is 3.18. The van der Waals surface area contributed by atoms with Crippen LogP contribution in [0.5, 0.6) is 11.5 Å². The Morgan fingerprint density at radius 3 is 2.64 bits per heavy atom. The zero-order valence-corrected chi connectivity index (χ0v) is 8.64. The molecule has 0 atom stereocenters. The topological polar surface area (TPSA) is 58.3 Å². The van der Waals surface area contributed by atoms with E-state index >= 15 is 0 Å². The van der Waals surface area contributed by atoms with E-state index in [9.17, 15) is 10.2 Å². The average molecular weight is 255 g/mol. The van der Waals surface area contributed by atoms with Gasteiger partial charge in [-0.1, -0.05) is 6.07 Å². The van der Waals surface area contributed by atoms with Crippen LogP contribution < -0.4 is 0 Å². The molecule has 0 aliphatic rings. The van der Waals surface area contributed by atoms with E-state index in [0.29, 0.717) is 10.3 Å². The highest BCUT2D eigenvalue weighted by Crippen LogP contribution is 2.26. The van der Waals surface area contributed by atoms with Crippen molar-refractivity contribution in [2.45, 2.75) is 0 Å². The molecular weight excluding hydrogens is 248 g/mol. The van der Waals surface area contributed by atoms with Crippen LogP contribution >= 0.6 is 15.9 Å². The highest BCUT2D eigenvalue weighted by molar-refractivity contribution is 9.10. The molecule has 0 spiro atoms. The Bertz CT molecular complexity index is 468. The second kappa shape index (κ2) is 3.34. The van der Waals surface area contributed by atoms with Crippen molar-refractivity contribution in [3.05, 3.63) is 35.1 Å². The first-order chi connectivity index (χ1) is 6.68. The van der Waals surface area contributed by atoms with Gasteiger partial charge < -0.3 is 10.2 Å². The van der Waals surface area contributed by atoms with Crippen molar-refractivity contribution in [3.63, 3.8) is 0 Å². The third kappa shape index (κ3) is 1.46. The standard InChI is InChI=1S/C9H7BrN2O2/c10-9-8(14)5-11-12(9)6-2-1-3-7(13)4-6/h1-5,13-14H. The van der Waals surface area contributed by atoms with Crippen molar-refractivity contribution >= 4 is 15.9 Å². The number of aromatic hydroxyl groups is 2. The predicted molar refractivity (Wildman–Crippen MR) is 54.6 cm³/mol. The van der Waals surface area contributed by atoms with Crippen LogP contribution in [0.3, 0.4) is 0 Å². The molecule has 0 unspecified atom stereocenters. The average Bonchev–Trinajstić information content (AvgIpc) is 2.48. The summed E-state index contributed by atoms with van der Waals surface area (Å²) in [6.45, 7) is 0. The third-order valence-corrected chi connectivity index (χ3v) is 2.51. The molecule has 72 valence electrons. The number of phenols is 1. The Morgan fingerprint density at radius 1 is 1.29 bits per heavy atom. The fourth-order valence-electron chi connectivity index (χ4n) is 1.13. The van der Waals surface area contributed by atoms with Crippen LogP contribution in [0.1, 0.15) is 0 Å². The van der Waals surface area contributed by atoms with Crippen LogP contribution in [0.2, 0.25) is 0 Å². The molecule has 0 saturated carbocycles. The van der Waals surface area contributed by atoms with E-state index in [-0.39, 0.29) is 11.5 Å². The second-order valence-corrected chi connectivity index (χ2v) is 3.50. The zero-order chi connectivity index (χ0) is 10.1. The summed E-state index contributed by atoms with van der Waals surface area (Å²) in [5.41, 5.74) is 0.678. The third-order valence-electron chi connectivity index (χ3n) is 1.77. The molecule has 0 bridgehead atoms. The number of aromatic nitrogens is 2. The van der Waals surface area contributed by atoms with E-state index in [4.69, 9.17) is 0 Å². The minimum absolute atomic E-state index is 0.0633. The summed E-state index contributed by atoms with van der Waals surface area (Å²) in [6.07, 6.45) is 1.33. The van der Waals surface area contributed by atoms with E-state index in [1.165, 1.54) is 10.9 Å². The number of nitrogens with zero attached hydrogens (tertiary/aromatic N) is 2. The molecule has 5 heteroatoms. The highest BCUT2D eigenvalue weighted by Gasteiger charge is 2.07. The van der Waals surface area contributed by atoms with Gasteiger partial charge in [-0.05, 0) is 28.1 Å². The van der Waals surface area contributed by atoms with Gasteiger partial charge in [0, 0.05) is 6.07 Å². The van der Waals surface area contributed by atoms with Crippen molar-refractivity contribution in [3.8, 4) is 17.2 Å². The number of phenolic OH excluding ortho intramolecular Hbond substituents is 1. The molecule has 0 amide bonds. The van der Waals surface area contributed by atoms with Crippen LogP contribution in [0.25, 0.3) is 5.69 Å². The van der Waals surface area contributed by atoms with E-state index in [0.717, 1.165) is 0 Å². The van der Waals surface area contributed by atoms with Crippen molar-refractivity contribution < 1.29 is 10.2 Å². The Kier molecular flexibility index (Phi) is 2.17. The first-order valence-electron chi connectivity index (χ1n) is 3.90. The van der Waals surface area contributed by atoms with Crippen molar-refractivity contribution in [1.82, 2.24) is 9.78 Å². The Labute approximate surface area is 88.6 Å². The first kappa shape index (κ1) is 9.08. The van der Waals surface area contributed by atoms with E-state index < -0.39 is 0 Å². The minimum atomic E-state index is 0.0633. The van der Waals surface area contributed by atoms with E-state index in [1.807, 2.05) is 0 Å². The van der Waals surface area contributed by atoms with Gasteiger partial charge in [0.15, 0.2) is 10.4 Å². The lowest BCUT2D eigenvalue weighted by Gasteiger charge is -2.02. The lowest BCUT2D eigenvalue weighted by molar-refractivity contribution is 0.470. The maximum atomic E-state index is 9.28. The molecule has 4 nitrogen and oxygen atoms in total. The summed E-state index contributed by atoms with van der Waals surface area (Å²) in [7, 11) is 0. The predicted octanol–water partition coefficient (Wildman–Crippen LogP) is 2.05. The fourth-order valence-corrected chi connectivity index (χ4v) is 1.53. The fraction of sp³-hybridized carbons (Fsp3) is 0. The van der Waals surface area contributed by atoms with Crippen LogP contribution in [0, 0.1) is 0 Å². The largest absolute Gasteiger partial charge is 0.508 e. The van der Waals surface area contributed by atoms with Gasteiger partial charge in [-0.15, -0.1) is 0 Å². The van der Waals surface area contributed by atoms with Crippen LogP contribution in [0.15, 0.2) is 35.1 Å². The van der Waals surface area contributed by atoms with Gasteiger partial charge in [-0.2, -0.15) is 5.10 Å². The number of hydrogen-bond donors (Lipinski definition) is 2. The monoisotopic (exact) mass is 254 g/mol. The Hall–Kier alpha value is -1.49. The number of hydrogen-bond acceptors (Lipinski definition) is 3. The molecule has 1 aromatic heterocycles. The highest BCUT2D eigenvalue weighted by atomic mass is 79.9. The van der Waals surface area contributed by atoms with E-state index in [1.54, 1.807) is 24.3 Å². The summed E-state index contributed by atoms with van der Waals surface area (Å²) < 4.78 is 1.94. The maximum absolute atomic E-state index is 9.28. The van der Waals surface area contributed by atoms with Gasteiger partial charge in [0.05, 0.1) is 11.9 Å². The van der Waals surface area contributed by atoms with Crippen molar-refractivity contribution in [1.29, 1.82) is 0 Å². The number of benzene rings is 1. The molecule has 2 rings (SSSR count). The summed E-state index contributed by atoms with van der Waals surface area (Å²) in [5.74, 6) is 0.220. The van der Waals surface area contributed by atoms with Gasteiger partial charge in [0.25, 0.3) is 0 Å². The van der Waals surface area contributed by atoms with Crippen molar-refractivity contribution in [2.24, 2.45) is 0 Å². The number of rotatable bonds is 1. The molecular formula is C9H7BrN2O2. The normalized spacial score (nSPS) is 10.4. The Morgan fingerprint density at radius 2 is 2.07 bits per heavy atom. The summed E-state index contributed by atoms with van der Waals surface area (Å²) in [4.78, 5) is 0. The summed E-state index contributed by atoms with van der Waals surface area (Å²) in [5, 5.41) is 22.5. The quantitative estimate of drug-likeness (QED) is 0.819. The molecule has 2 aromatic rings. The molecule has 0 saturated heterocycles. The lowest BCUT2D eigenvalue weighted by atomic mass is 10.3. The SMILES string of the molecule is Oc1cccc(-n2ncc(O)c2Br)c1. The molecule has 1 aromatic carbocycles. The van der Waals surface area contributed by atoms with Gasteiger partial charge in [0.1, 0.15) is 5.75 Å². The summed E-state index contributed by atoms with van der Waals surface area (Å²) in [6, 6.07) is 6.60. The minimum Gasteiger partial charge on any atom is -0.508 e. The molecule has 0 fully saturated rings. The number of halogens is 1.